The summed E-state index contributed by atoms with van der Waals surface area (Å²) in [6.07, 6.45) is 2.27. The van der Waals surface area contributed by atoms with Crippen LogP contribution in [0.4, 0.5) is 0 Å². The number of amides is 1. The Morgan fingerprint density at radius 1 is 1.19 bits per heavy atom. The number of para-hydroxylation sites is 2. The van der Waals surface area contributed by atoms with E-state index in [1.54, 1.807) is 14.2 Å². The zero-order valence-electron chi connectivity index (χ0n) is 12.7. The first kappa shape index (κ1) is 15.6. The van der Waals surface area contributed by atoms with E-state index in [1.807, 2.05) is 29.2 Å². The highest BCUT2D eigenvalue weighted by molar-refractivity contribution is 5.76. The van der Waals surface area contributed by atoms with Crippen molar-refractivity contribution in [2.75, 3.05) is 33.9 Å². The molecule has 0 bridgehead atoms. The zero-order valence-corrected chi connectivity index (χ0v) is 12.7. The molecule has 0 aromatic heterocycles. The zero-order chi connectivity index (χ0) is 15.1. The second kappa shape index (κ2) is 7.88. The minimum absolute atomic E-state index is 0.132. The Bertz CT molecular complexity index is 455. The molecule has 0 radical (unpaired) electrons. The van der Waals surface area contributed by atoms with Gasteiger partial charge in [-0.25, -0.2) is 0 Å². The van der Waals surface area contributed by atoms with Gasteiger partial charge in [-0.3, -0.25) is 4.79 Å². The van der Waals surface area contributed by atoms with Crippen molar-refractivity contribution >= 4 is 5.91 Å². The van der Waals surface area contributed by atoms with E-state index >= 15 is 0 Å². The molecule has 5 nitrogen and oxygen atoms in total. The Morgan fingerprint density at radius 3 is 2.48 bits per heavy atom. The molecule has 0 saturated carbocycles. The number of carbonyl (C=O) groups excluding carboxylic acids is 1. The van der Waals surface area contributed by atoms with Gasteiger partial charge in [0, 0.05) is 33.0 Å². The number of hydrogen-bond acceptors (Lipinski definition) is 4. The second-order valence-electron chi connectivity index (χ2n) is 5.09. The van der Waals surface area contributed by atoms with Gasteiger partial charge in [-0.2, -0.15) is 0 Å². The summed E-state index contributed by atoms with van der Waals surface area (Å²) in [5, 5.41) is 0. The summed E-state index contributed by atoms with van der Waals surface area (Å²) < 4.78 is 16.2. The third kappa shape index (κ3) is 4.36. The van der Waals surface area contributed by atoms with Crippen LogP contribution in [-0.2, 0) is 9.53 Å². The first-order valence-corrected chi connectivity index (χ1v) is 7.31. The van der Waals surface area contributed by atoms with Crippen LogP contribution in [-0.4, -0.2) is 50.8 Å². The number of likely N-dealkylation sites (tertiary alicyclic amines) is 1. The summed E-state index contributed by atoms with van der Waals surface area (Å²) in [7, 11) is 3.25. The quantitative estimate of drug-likeness (QED) is 0.806. The summed E-state index contributed by atoms with van der Waals surface area (Å²) >= 11 is 0. The van der Waals surface area contributed by atoms with Gasteiger partial charge < -0.3 is 19.1 Å². The molecule has 21 heavy (non-hydrogen) atoms. The van der Waals surface area contributed by atoms with Crippen LogP contribution in [0.3, 0.4) is 0 Å². The lowest BCUT2D eigenvalue weighted by atomic mass is 10.1. The number of carbonyl (C=O) groups is 1. The van der Waals surface area contributed by atoms with Crippen molar-refractivity contribution in [3.8, 4) is 11.5 Å². The van der Waals surface area contributed by atoms with Gasteiger partial charge in [-0.1, -0.05) is 12.1 Å². The van der Waals surface area contributed by atoms with E-state index in [9.17, 15) is 4.79 Å². The number of hydrogen-bond donors (Lipinski definition) is 0. The minimum atomic E-state index is 0.132. The largest absolute Gasteiger partial charge is 0.493 e. The molecule has 1 saturated heterocycles. The fraction of sp³-hybridized carbons (Fsp3) is 0.562. The van der Waals surface area contributed by atoms with Crippen molar-refractivity contribution in [1.29, 1.82) is 0 Å². The predicted octanol–water partition coefficient (Wildman–Crippen LogP) is 2.10. The maximum absolute atomic E-state index is 11.9. The van der Waals surface area contributed by atoms with E-state index < -0.39 is 0 Å². The van der Waals surface area contributed by atoms with Gasteiger partial charge in [-0.05, 0) is 12.1 Å². The average Bonchev–Trinajstić information content (AvgIpc) is 2.54. The normalized spacial score (nSPS) is 15.8. The fourth-order valence-corrected chi connectivity index (χ4v) is 2.47. The monoisotopic (exact) mass is 293 g/mol. The van der Waals surface area contributed by atoms with Crippen LogP contribution >= 0.6 is 0 Å². The Morgan fingerprint density at radius 2 is 1.86 bits per heavy atom. The maximum Gasteiger partial charge on any atom is 0.224 e. The third-order valence-corrected chi connectivity index (χ3v) is 3.68. The van der Waals surface area contributed by atoms with Crippen LogP contribution in [0, 0.1) is 0 Å². The summed E-state index contributed by atoms with van der Waals surface area (Å²) in [5.74, 6) is 1.67. The first-order valence-electron chi connectivity index (χ1n) is 7.31. The number of piperidine rings is 1. The molecule has 1 aliphatic heterocycles. The summed E-state index contributed by atoms with van der Waals surface area (Å²) in [6.45, 7) is 1.96. The molecule has 0 N–H and O–H groups in total. The van der Waals surface area contributed by atoms with Crippen LogP contribution in [0.5, 0.6) is 11.5 Å². The standard InChI is InChI=1S/C16H23NO4/c1-19-12-9-16(18)17-10-7-13(8-11-17)21-15-6-4-3-5-14(15)20-2/h3-6,13H,7-12H2,1-2H3. The molecule has 5 heteroatoms. The first-order chi connectivity index (χ1) is 10.2. The summed E-state index contributed by atoms with van der Waals surface area (Å²) in [4.78, 5) is 13.8. The smallest absolute Gasteiger partial charge is 0.224 e. The SMILES string of the molecule is COCCC(=O)N1CCC(Oc2ccccc2OC)CC1. The molecule has 116 valence electrons. The molecule has 1 amide bonds. The van der Waals surface area contributed by atoms with E-state index in [1.165, 1.54) is 0 Å². The number of rotatable bonds is 6. The van der Waals surface area contributed by atoms with Crippen molar-refractivity contribution in [3.63, 3.8) is 0 Å². The lowest BCUT2D eigenvalue weighted by Crippen LogP contribution is -2.42. The highest BCUT2D eigenvalue weighted by Crippen LogP contribution is 2.28. The van der Waals surface area contributed by atoms with Crippen molar-refractivity contribution in [3.05, 3.63) is 24.3 Å². The van der Waals surface area contributed by atoms with Crippen molar-refractivity contribution < 1.29 is 19.0 Å². The van der Waals surface area contributed by atoms with E-state index in [-0.39, 0.29) is 12.0 Å². The molecule has 1 aliphatic rings. The molecule has 1 fully saturated rings. The summed E-state index contributed by atoms with van der Waals surface area (Å²) in [5.41, 5.74) is 0. The molecule has 0 unspecified atom stereocenters. The van der Waals surface area contributed by atoms with Gasteiger partial charge in [0.15, 0.2) is 11.5 Å². The van der Waals surface area contributed by atoms with Crippen molar-refractivity contribution in [2.24, 2.45) is 0 Å². The number of nitrogens with zero attached hydrogens (tertiary/aromatic N) is 1. The van der Waals surface area contributed by atoms with Crippen molar-refractivity contribution in [2.45, 2.75) is 25.4 Å². The van der Waals surface area contributed by atoms with Gasteiger partial charge in [0.2, 0.25) is 5.91 Å². The molecular formula is C16H23NO4. The van der Waals surface area contributed by atoms with E-state index in [2.05, 4.69) is 0 Å². The molecule has 2 rings (SSSR count). The maximum atomic E-state index is 11.9. The van der Waals surface area contributed by atoms with Crippen molar-refractivity contribution in [1.82, 2.24) is 4.90 Å². The Kier molecular flexibility index (Phi) is 5.87. The van der Waals surface area contributed by atoms with Crippen LogP contribution in [0.15, 0.2) is 24.3 Å². The van der Waals surface area contributed by atoms with Crippen LogP contribution in [0.2, 0.25) is 0 Å². The third-order valence-electron chi connectivity index (χ3n) is 3.68. The molecular weight excluding hydrogens is 270 g/mol. The lowest BCUT2D eigenvalue weighted by Gasteiger charge is -2.32. The Labute approximate surface area is 125 Å². The van der Waals surface area contributed by atoms with E-state index in [0.717, 1.165) is 37.4 Å². The Balaban J connectivity index is 1.82. The van der Waals surface area contributed by atoms with E-state index in [0.29, 0.717) is 13.0 Å². The number of methoxy groups -OCH3 is 2. The van der Waals surface area contributed by atoms with Crippen LogP contribution in [0.25, 0.3) is 0 Å². The van der Waals surface area contributed by atoms with Gasteiger partial charge in [0.05, 0.1) is 20.1 Å². The van der Waals surface area contributed by atoms with E-state index in [4.69, 9.17) is 14.2 Å². The molecule has 0 aliphatic carbocycles. The van der Waals surface area contributed by atoms with Crippen LogP contribution < -0.4 is 9.47 Å². The predicted molar refractivity (Wildman–Crippen MR) is 79.7 cm³/mol. The molecule has 1 aromatic rings. The van der Waals surface area contributed by atoms with Gasteiger partial charge in [0.25, 0.3) is 0 Å². The molecule has 1 heterocycles. The van der Waals surface area contributed by atoms with Gasteiger partial charge in [0.1, 0.15) is 6.10 Å². The number of benzene rings is 1. The van der Waals surface area contributed by atoms with Crippen LogP contribution in [0.1, 0.15) is 19.3 Å². The summed E-state index contributed by atoms with van der Waals surface area (Å²) in [6, 6.07) is 7.65. The average molecular weight is 293 g/mol. The highest BCUT2D eigenvalue weighted by atomic mass is 16.5. The molecule has 0 spiro atoms. The van der Waals surface area contributed by atoms with Gasteiger partial charge >= 0.3 is 0 Å². The highest BCUT2D eigenvalue weighted by Gasteiger charge is 2.24. The Hall–Kier alpha value is -1.75. The topological polar surface area (TPSA) is 48.0 Å². The molecule has 0 atom stereocenters. The molecule has 1 aromatic carbocycles. The minimum Gasteiger partial charge on any atom is -0.493 e. The fourth-order valence-electron chi connectivity index (χ4n) is 2.47. The second-order valence-corrected chi connectivity index (χ2v) is 5.09. The number of ether oxygens (including phenoxy) is 3. The lowest BCUT2D eigenvalue weighted by molar-refractivity contribution is -0.133. The van der Waals surface area contributed by atoms with Gasteiger partial charge in [-0.15, -0.1) is 0 Å².